The van der Waals surface area contributed by atoms with E-state index < -0.39 is 18.2 Å². The van der Waals surface area contributed by atoms with Crippen molar-refractivity contribution >= 4 is 12.1 Å². The fourth-order valence-electron chi connectivity index (χ4n) is 2.63. The number of ether oxygens (including phenoxy) is 1. The van der Waals surface area contributed by atoms with Crippen LogP contribution >= 0.6 is 0 Å². The smallest absolute Gasteiger partial charge is 0.407 e. The van der Waals surface area contributed by atoms with Gasteiger partial charge in [0.1, 0.15) is 0 Å². The van der Waals surface area contributed by atoms with Gasteiger partial charge in [-0.05, 0) is 37.1 Å². The zero-order chi connectivity index (χ0) is 15.6. The Morgan fingerprint density at radius 2 is 2.10 bits per heavy atom. The molecule has 6 heteroatoms. The fraction of sp³-hybridized carbons (Fsp3) is 0.467. The first-order valence-corrected chi connectivity index (χ1v) is 6.87. The molecule has 0 aromatic heterocycles. The number of esters is 1. The van der Waals surface area contributed by atoms with Gasteiger partial charge in [-0.1, -0.05) is 6.07 Å². The molecule has 1 fully saturated rings. The number of carboxylic acid groups (broad SMARTS) is 1. The van der Waals surface area contributed by atoms with Crippen LogP contribution in [0, 0.1) is 6.92 Å². The molecule has 1 heterocycles. The molecular weight excluding hydrogens is 274 g/mol. The second-order valence-corrected chi connectivity index (χ2v) is 5.15. The molecule has 1 aromatic carbocycles. The summed E-state index contributed by atoms with van der Waals surface area (Å²) in [4.78, 5) is 24.0. The van der Waals surface area contributed by atoms with Crippen LogP contribution in [-0.4, -0.2) is 53.0 Å². The summed E-state index contributed by atoms with van der Waals surface area (Å²) in [6, 6.07) is 5.15. The number of hydrogen-bond donors (Lipinski definition) is 2. The highest BCUT2D eigenvalue weighted by atomic mass is 16.5. The van der Waals surface area contributed by atoms with E-state index in [1.165, 1.54) is 4.90 Å². The minimum Gasteiger partial charge on any atom is -0.465 e. The van der Waals surface area contributed by atoms with Gasteiger partial charge in [-0.25, -0.2) is 9.59 Å². The number of benzene rings is 1. The summed E-state index contributed by atoms with van der Waals surface area (Å²) in [7, 11) is 0. The summed E-state index contributed by atoms with van der Waals surface area (Å²) in [5.41, 5.74) is 2.12. The number of aliphatic hydroxyl groups excluding tert-OH is 1. The van der Waals surface area contributed by atoms with E-state index in [-0.39, 0.29) is 19.0 Å². The summed E-state index contributed by atoms with van der Waals surface area (Å²) in [6.45, 7) is 4.21. The molecule has 1 amide bonds. The van der Waals surface area contributed by atoms with Crippen molar-refractivity contribution in [1.82, 2.24) is 4.90 Å². The van der Waals surface area contributed by atoms with Crippen molar-refractivity contribution in [3.63, 3.8) is 0 Å². The topological polar surface area (TPSA) is 87.1 Å². The van der Waals surface area contributed by atoms with E-state index in [2.05, 4.69) is 0 Å². The zero-order valence-electron chi connectivity index (χ0n) is 12.1. The van der Waals surface area contributed by atoms with Gasteiger partial charge < -0.3 is 19.8 Å². The van der Waals surface area contributed by atoms with Crippen molar-refractivity contribution in [1.29, 1.82) is 0 Å². The highest BCUT2D eigenvalue weighted by Gasteiger charge is 2.35. The third kappa shape index (κ3) is 3.16. The minimum atomic E-state index is -1.05. The van der Waals surface area contributed by atoms with Crippen molar-refractivity contribution in [2.45, 2.75) is 25.9 Å². The summed E-state index contributed by atoms with van der Waals surface area (Å²) < 4.78 is 4.97. The third-order valence-electron chi connectivity index (χ3n) is 3.75. The van der Waals surface area contributed by atoms with Gasteiger partial charge in [-0.15, -0.1) is 0 Å². The molecule has 114 valence electrons. The van der Waals surface area contributed by atoms with Gasteiger partial charge in [0.15, 0.2) is 0 Å². The standard InChI is InChI=1S/C15H19NO5/c1-3-21-14(18)10-5-4-9(2)11(6-10)12-7-16(15(19)20)8-13(12)17/h4-6,12-13,17H,3,7-8H2,1-2H3,(H,19,20)/t12-,13+/m0/s1. The molecule has 21 heavy (non-hydrogen) atoms. The quantitative estimate of drug-likeness (QED) is 0.827. The lowest BCUT2D eigenvalue weighted by Crippen LogP contribution is -2.27. The molecule has 2 atom stereocenters. The fourth-order valence-corrected chi connectivity index (χ4v) is 2.63. The average molecular weight is 293 g/mol. The molecule has 1 aliphatic heterocycles. The van der Waals surface area contributed by atoms with E-state index >= 15 is 0 Å². The SMILES string of the molecule is CCOC(=O)c1ccc(C)c([C@@H]2CN(C(=O)O)C[C@H]2O)c1. The first-order chi connectivity index (χ1) is 9.93. The number of β-amino-alcohol motifs (C(OH)–C–C–N with tert-alkyl or cyclic N) is 1. The van der Waals surface area contributed by atoms with Gasteiger partial charge in [0.2, 0.25) is 0 Å². The van der Waals surface area contributed by atoms with E-state index in [4.69, 9.17) is 9.84 Å². The van der Waals surface area contributed by atoms with Crippen LogP contribution in [0.3, 0.4) is 0 Å². The Bertz CT molecular complexity index is 557. The van der Waals surface area contributed by atoms with E-state index in [0.29, 0.717) is 12.2 Å². The van der Waals surface area contributed by atoms with Gasteiger partial charge >= 0.3 is 12.1 Å². The van der Waals surface area contributed by atoms with Crippen molar-refractivity contribution in [3.05, 3.63) is 34.9 Å². The predicted molar refractivity (Wildman–Crippen MR) is 75.5 cm³/mol. The normalized spacial score (nSPS) is 21.4. The molecule has 2 rings (SSSR count). The number of carbonyl (C=O) groups excluding carboxylic acids is 1. The van der Waals surface area contributed by atoms with Crippen LogP contribution in [0.4, 0.5) is 4.79 Å². The monoisotopic (exact) mass is 293 g/mol. The molecule has 1 aliphatic rings. The Morgan fingerprint density at radius 1 is 1.38 bits per heavy atom. The second kappa shape index (κ2) is 6.13. The molecule has 0 bridgehead atoms. The number of carbonyl (C=O) groups is 2. The van der Waals surface area contributed by atoms with Crippen molar-refractivity contribution < 1.29 is 24.5 Å². The number of amides is 1. The summed E-state index contributed by atoms with van der Waals surface area (Å²) in [5.74, 6) is -0.739. The largest absolute Gasteiger partial charge is 0.465 e. The Kier molecular flexibility index (Phi) is 4.47. The van der Waals surface area contributed by atoms with Gasteiger partial charge in [0, 0.05) is 12.5 Å². The predicted octanol–water partition coefficient (Wildman–Crippen LogP) is 1.61. The highest BCUT2D eigenvalue weighted by molar-refractivity contribution is 5.89. The Balaban J connectivity index is 2.29. The van der Waals surface area contributed by atoms with E-state index in [1.54, 1.807) is 25.1 Å². The second-order valence-electron chi connectivity index (χ2n) is 5.15. The first-order valence-electron chi connectivity index (χ1n) is 6.87. The number of likely N-dealkylation sites (tertiary alicyclic amines) is 1. The van der Waals surface area contributed by atoms with Crippen LogP contribution in [0.1, 0.15) is 34.3 Å². The molecule has 2 N–H and O–H groups in total. The van der Waals surface area contributed by atoms with Gasteiger partial charge in [-0.3, -0.25) is 0 Å². The molecule has 1 saturated heterocycles. The lowest BCUT2D eigenvalue weighted by Gasteiger charge is -2.17. The number of hydrogen-bond acceptors (Lipinski definition) is 4. The van der Waals surface area contributed by atoms with Crippen molar-refractivity contribution in [2.75, 3.05) is 19.7 Å². The van der Waals surface area contributed by atoms with Crippen LogP contribution < -0.4 is 0 Å². The van der Waals surface area contributed by atoms with E-state index in [0.717, 1.165) is 11.1 Å². The summed E-state index contributed by atoms with van der Waals surface area (Å²) in [6.07, 6.45) is -1.81. The minimum absolute atomic E-state index is 0.0864. The summed E-state index contributed by atoms with van der Waals surface area (Å²) in [5, 5.41) is 19.1. The number of aryl methyl sites for hydroxylation is 1. The maximum atomic E-state index is 11.8. The van der Waals surface area contributed by atoms with E-state index in [9.17, 15) is 14.7 Å². The van der Waals surface area contributed by atoms with E-state index in [1.807, 2.05) is 6.92 Å². The van der Waals surface area contributed by atoms with Crippen LogP contribution in [0.2, 0.25) is 0 Å². The number of nitrogens with zero attached hydrogens (tertiary/aromatic N) is 1. The maximum absolute atomic E-state index is 11.8. The van der Waals surface area contributed by atoms with Crippen molar-refractivity contribution in [2.24, 2.45) is 0 Å². The first kappa shape index (κ1) is 15.3. The maximum Gasteiger partial charge on any atom is 0.407 e. The Labute approximate surface area is 122 Å². The molecule has 1 aromatic rings. The average Bonchev–Trinajstić information content (AvgIpc) is 2.82. The Morgan fingerprint density at radius 3 is 2.67 bits per heavy atom. The highest BCUT2D eigenvalue weighted by Crippen LogP contribution is 2.30. The van der Waals surface area contributed by atoms with Crippen LogP contribution in [0.25, 0.3) is 0 Å². The number of aliphatic hydroxyl groups is 1. The van der Waals surface area contributed by atoms with Crippen molar-refractivity contribution in [3.8, 4) is 0 Å². The lowest BCUT2D eigenvalue weighted by molar-refractivity contribution is 0.0526. The van der Waals surface area contributed by atoms with Crippen LogP contribution in [0.15, 0.2) is 18.2 Å². The van der Waals surface area contributed by atoms with Crippen LogP contribution in [0.5, 0.6) is 0 Å². The van der Waals surface area contributed by atoms with Gasteiger partial charge in [0.05, 0.1) is 24.8 Å². The van der Waals surface area contributed by atoms with Gasteiger partial charge in [0.25, 0.3) is 0 Å². The molecule has 6 nitrogen and oxygen atoms in total. The molecular formula is C15H19NO5. The third-order valence-corrected chi connectivity index (χ3v) is 3.75. The van der Waals surface area contributed by atoms with Gasteiger partial charge in [-0.2, -0.15) is 0 Å². The molecule has 0 unspecified atom stereocenters. The Hall–Kier alpha value is -2.08. The molecule has 0 spiro atoms. The molecule has 0 aliphatic carbocycles. The summed E-state index contributed by atoms with van der Waals surface area (Å²) >= 11 is 0. The molecule has 0 saturated carbocycles. The lowest BCUT2D eigenvalue weighted by atomic mass is 9.91. The zero-order valence-corrected chi connectivity index (χ0v) is 12.1. The number of rotatable bonds is 3. The molecule has 0 radical (unpaired) electrons. The van der Waals surface area contributed by atoms with Crippen LogP contribution in [-0.2, 0) is 4.74 Å².